The summed E-state index contributed by atoms with van der Waals surface area (Å²) in [4.78, 5) is 11.5. The molecule has 1 unspecified atom stereocenters. The van der Waals surface area contributed by atoms with Gasteiger partial charge < -0.3 is 14.8 Å². The molecule has 4 heteroatoms. The van der Waals surface area contributed by atoms with Crippen LogP contribution in [0.25, 0.3) is 0 Å². The van der Waals surface area contributed by atoms with E-state index in [1.807, 2.05) is 19.1 Å². The van der Waals surface area contributed by atoms with Gasteiger partial charge in [-0.3, -0.25) is 4.79 Å². The molecule has 0 radical (unpaired) electrons. The third kappa shape index (κ3) is 5.30. The molecular weight excluding hydrogens is 242 g/mol. The van der Waals surface area contributed by atoms with E-state index in [1.165, 1.54) is 12.7 Å². The van der Waals surface area contributed by atoms with Gasteiger partial charge in [-0.25, -0.2) is 0 Å². The quantitative estimate of drug-likeness (QED) is 0.732. The molecule has 1 N–H and O–H groups in total. The first-order valence-electron chi connectivity index (χ1n) is 6.74. The van der Waals surface area contributed by atoms with Crippen LogP contribution in [0.4, 0.5) is 0 Å². The summed E-state index contributed by atoms with van der Waals surface area (Å²) in [6, 6.07) is 7.72. The summed E-state index contributed by atoms with van der Waals surface area (Å²) in [5.74, 6) is 0.587. The van der Waals surface area contributed by atoms with Crippen molar-refractivity contribution < 1.29 is 14.3 Å². The summed E-state index contributed by atoms with van der Waals surface area (Å²) < 4.78 is 10.4. The van der Waals surface area contributed by atoms with E-state index >= 15 is 0 Å². The molecule has 0 aliphatic heterocycles. The van der Waals surface area contributed by atoms with E-state index in [1.54, 1.807) is 0 Å². The molecule has 0 fully saturated rings. The second-order valence-corrected chi connectivity index (χ2v) is 4.27. The van der Waals surface area contributed by atoms with Crippen LogP contribution in [0, 0.1) is 0 Å². The number of hydrogen-bond donors (Lipinski definition) is 1. The predicted octanol–water partition coefficient (Wildman–Crippen LogP) is 2.17. The van der Waals surface area contributed by atoms with Crippen molar-refractivity contribution in [2.75, 3.05) is 20.3 Å². The highest BCUT2D eigenvalue weighted by atomic mass is 16.5. The fourth-order valence-corrected chi connectivity index (χ4v) is 1.81. The Balaban J connectivity index is 2.40. The van der Waals surface area contributed by atoms with Crippen molar-refractivity contribution in [2.24, 2.45) is 0 Å². The summed E-state index contributed by atoms with van der Waals surface area (Å²) >= 11 is 0. The van der Waals surface area contributed by atoms with Gasteiger partial charge in [-0.1, -0.05) is 26.0 Å². The van der Waals surface area contributed by atoms with E-state index in [9.17, 15) is 4.79 Å². The van der Waals surface area contributed by atoms with Gasteiger partial charge >= 0.3 is 5.97 Å². The Bertz CT molecular complexity index is 375. The normalized spacial score (nSPS) is 11.9. The minimum Gasteiger partial charge on any atom is -0.494 e. The minimum atomic E-state index is -0.301. The lowest BCUT2D eigenvalue weighted by Gasteiger charge is -2.15. The molecule has 19 heavy (non-hydrogen) atoms. The fraction of sp³-hybridized carbons (Fsp3) is 0.533. The lowest BCUT2D eigenvalue weighted by Crippen LogP contribution is -2.38. The van der Waals surface area contributed by atoms with Crippen molar-refractivity contribution in [3.8, 4) is 5.75 Å². The number of methoxy groups -OCH3 is 1. The lowest BCUT2D eigenvalue weighted by molar-refractivity contribution is -0.143. The molecule has 0 spiro atoms. The number of rotatable bonds is 8. The maximum absolute atomic E-state index is 11.5. The molecule has 0 saturated carbocycles. The van der Waals surface area contributed by atoms with Gasteiger partial charge in [-0.05, 0) is 30.7 Å². The lowest BCUT2D eigenvalue weighted by atomic mass is 10.2. The molecule has 0 amide bonds. The molecule has 0 aliphatic rings. The number of esters is 1. The highest BCUT2D eigenvalue weighted by Crippen LogP contribution is 2.13. The van der Waals surface area contributed by atoms with Crippen LogP contribution >= 0.6 is 0 Å². The van der Waals surface area contributed by atoms with Gasteiger partial charge in [0.25, 0.3) is 0 Å². The molecule has 4 nitrogen and oxygen atoms in total. The Kier molecular flexibility index (Phi) is 6.97. The van der Waals surface area contributed by atoms with E-state index in [2.05, 4.69) is 24.4 Å². The molecule has 0 saturated heterocycles. The second-order valence-electron chi connectivity index (χ2n) is 4.27. The van der Waals surface area contributed by atoms with Crippen LogP contribution < -0.4 is 10.1 Å². The molecule has 0 heterocycles. The van der Waals surface area contributed by atoms with Crippen LogP contribution in [-0.4, -0.2) is 32.3 Å². The highest BCUT2D eigenvalue weighted by molar-refractivity contribution is 5.75. The summed E-state index contributed by atoms with van der Waals surface area (Å²) in [6.07, 6.45) is 1.61. The van der Waals surface area contributed by atoms with Crippen molar-refractivity contribution in [3.05, 3.63) is 29.8 Å². The number of hydrogen-bond acceptors (Lipinski definition) is 4. The predicted molar refractivity (Wildman–Crippen MR) is 75.4 cm³/mol. The summed E-state index contributed by atoms with van der Waals surface area (Å²) in [5, 5.41) is 3.08. The number of carbonyl (C=O) groups excluding carboxylic acids is 1. The van der Waals surface area contributed by atoms with E-state index < -0.39 is 0 Å². The van der Waals surface area contributed by atoms with Crippen molar-refractivity contribution in [1.82, 2.24) is 5.32 Å². The molecule has 1 rings (SSSR count). The number of carbonyl (C=O) groups is 1. The highest BCUT2D eigenvalue weighted by Gasteiger charge is 2.17. The van der Waals surface area contributed by atoms with Crippen LogP contribution in [0.5, 0.6) is 5.75 Å². The molecule has 106 valence electrons. The summed E-state index contributed by atoms with van der Waals surface area (Å²) in [7, 11) is 1.40. The van der Waals surface area contributed by atoms with Gasteiger partial charge in [0.1, 0.15) is 11.8 Å². The number of ether oxygens (including phenoxy) is 2. The summed E-state index contributed by atoms with van der Waals surface area (Å²) in [5.41, 5.74) is 1.28. The van der Waals surface area contributed by atoms with Crippen molar-refractivity contribution in [3.63, 3.8) is 0 Å². The zero-order chi connectivity index (χ0) is 14.1. The van der Waals surface area contributed by atoms with Crippen LogP contribution in [0.1, 0.15) is 25.8 Å². The van der Waals surface area contributed by atoms with Crippen molar-refractivity contribution in [1.29, 1.82) is 0 Å². The average molecular weight is 265 g/mol. The largest absolute Gasteiger partial charge is 0.494 e. The zero-order valence-electron chi connectivity index (χ0n) is 11.9. The van der Waals surface area contributed by atoms with Crippen molar-refractivity contribution in [2.45, 2.75) is 32.7 Å². The van der Waals surface area contributed by atoms with E-state index in [4.69, 9.17) is 9.47 Å². The average Bonchev–Trinajstić information content (AvgIpc) is 2.46. The Labute approximate surface area is 115 Å². The van der Waals surface area contributed by atoms with Crippen LogP contribution in [-0.2, 0) is 16.0 Å². The van der Waals surface area contributed by atoms with E-state index in [0.29, 0.717) is 13.0 Å². The molecule has 0 aliphatic carbocycles. The second kappa shape index (κ2) is 8.53. The maximum Gasteiger partial charge on any atom is 0.322 e. The Morgan fingerprint density at radius 2 is 1.95 bits per heavy atom. The third-order valence-electron chi connectivity index (χ3n) is 2.94. The Hall–Kier alpha value is -1.55. The molecule has 1 atom stereocenters. The molecule has 1 aromatic rings. The standard InChI is InChI=1S/C15H23NO3/c1-4-12-6-8-13(9-7-12)19-11-10-14(16-5-2)15(17)18-3/h6-9,14,16H,4-5,10-11H2,1-3H3. The van der Waals surface area contributed by atoms with Crippen LogP contribution in [0.2, 0.25) is 0 Å². The van der Waals surface area contributed by atoms with Gasteiger partial charge in [0.05, 0.1) is 13.7 Å². The van der Waals surface area contributed by atoms with Gasteiger partial charge in [0.2, 0.25) is 0 Å². The zero-order valence-corrected chi connectivity index (χ0v) is 11.9. The van der Waals surface area contributed by atoms with Crippen LogP contribution in [0.15, 0.2) is 24.3 Å². The van der Waals surface area contributed by atoms with E-state index in [-0.39, 0.29) is 12.0 Å². The topological polar surface area (TPSA) is 47.6 Å². The first kappa shape index (κ1) is 15.5. The Morgan fingerprint density at radius 3 is 2.47 bits per heavy atom. The van der Waals surface area contributed by atoms with Gasteiger partial charge in [-0.2, -0.15) is 0 Å². The van der Waals surface area contributed by atoms with E-state index in [0.717, 1.165) is 18.7 Å². The maximum atomic E-state index is 11.5. The SMILES string of the molecule is CCNC(CCOc1ccc(CC)cc1)C(=O)OC. The molecule has 0 bridgehead atoms. The summed E-state index contributed by atoms with van der Waals surface area (Å²) in [6.45, 7) is 5.29. The van der Waals surface area contributed by atoms with Gasteiger partial charge in [-0.15, -0.1) is 0 Å². The molecular formula is C15H23NO3. The number of likely N-dealkylation sites (N-methyl/N-ethyl adjacent to an activating group) is 1. The monoisotopic (exact) mass is 265 g/mol. The molecule has 1 aromatic carbocycles. The van der Waals surface area contributed by atoms with Gasteiger partial charge in [0.15, 0.2) is 0 Å². The van der Waals surface area contributed by atoms with Crippen molar-refractivity contribution >= 4 is 5.97 Å². The van der Waals surface area contributed by atoms with Crippen LogP contribution in [0.3, 0.4) is 0 Å². The number of benzene rings is 1. The molecule has 0 aromatic heterocycles. The minimum absolute atomic E-state index is 0.244. The first-order chi connectivity index (χ1) is 9.21. The third-order valence-corrected chi connectivity index (χ3v) is 2.94. The fourth-order valence-electron chi connectivity index (χ4n) is 1.81. The number of aryl methyl sites for hydroxylation is 1. The smallest absolute Gasteiger partial charge is 0.322 e. The van der Waals surface area contributed by atoms with Gasteiger partial charge in [0, 0.05) is 6.42 Å². The number of nitrogens with one attached hydrogen (secondary N) is 1. The Morgan fingerprint density at radius 1 is 1.26 bits per heavy atom. The first-order valence-corrected chi connectivity index (χ1v) is 6.74.